The Kier molecular flexibility index (Phi) is 4.42. The average molecular weight is 341 g/mol. The Bertz CT molecular complexity index is 902. The van der Waals surface area contributed by atoms with Crippen molar-refractivity contribution in [1.29, 1.82) is 5.26 Å². The fourth-order valence-electron chi connectivity index (χ4n) is 3.14. The Balaban J connectivity index is 1.88. The number of H-pyrrole nitrogens is 1. The van der Waals surface area contributed by atoms with Gasteiger partial charge in [-0.2, -0.15) is 10.4 Å². The molecule has 2 aromatic rings. The number of aryl methyl sites for hydroxylation is 2. The van der Waals surface area contributed by atoms with Gasteiger partial charge in [0.15, 0.2) is 0 Å². The van der Waals surface area contributed by atoms with E-state index in [4.69, 9.17) is 5.26 Å². The summed E-state index contributed by atoms with van der Waals surface area (Å²) in [7, 11) is 1.79. The maximum Gasteiger partial charge on any atom is 0.266 e. The number of rotatable bonds is 4. The molecule has 0 radical (unpaired) electrons. The van der Waals surface area contributed by atoms with Crippen LogP contribution in [0.1, 0.15) is 46.1 Å². The molecule has 1 atom stereocenters. The van der Waals surface area contributed by atoms with Crippen molar-refractivity contribution in [2.75, 3.05) is 0 Å². The van der Waals surface area contributed by atoms with E-state index in [0.29, 0.717) is 18.5 Å². The Morgan fingerprint density at radius 2 is 2.28 bits per heavy atom. The first-order valence-electron chi connectivity index (χ1n) is 8.00. The first-order chi connectivity index (χ1) is 11.9. The van der Waals surface area contributed by atoms with Crippen molar-refractivity contribution in [1.82, 2.24) is 20.1 Å². The number of aliphatic hydroxyl groups excluding tert-OH is 1. The number of aromatic nitrogens is 3. The zero-order valence-electron chi connectivity index (χ0n) is 14.0. The zero-order valence-corrected chi connectivity index (χ0v) is 14.0. The molecule has 8 heteroatoms. The van der Waals surface area contributed by atoms with Gasteiger partial charge < -0.3 is 15.4 Å². The van der Waals surface area contributed by atoms with Crippen LogP contribution in [0, 0.1) is 24.2 Å². The van der Waals surface area contributed by atoms with Gasteiger partial charge in [0.1, 0.15) is 11.6 Å². The van der Waals surface area contributed by atoms with Gasteiger partial charge in [0.25, 0.3) is 11.5 Å². The third kappa shape index (κ3) is 3.32. The number of hydrogen-bond donors (Lipinski definition) is 3. The summed E-state index contributed by atoms with van der Waals surface area (Å²) in [5.41, 5.74) is 0.899. The lowest BCUT2D eigenvalue weighted by molar-refractivity contribution is 0.0235. The molecule has 130 valence electrons. The van der Waals surface area contributed by atoms with Crippen molar-refractivity contribution in [3.63, 3.8) is 0 Å². The number of aromatic amines is 1. The van der Waals surface area contributed by atoms with Crippen LogP contribution in [-0.2, 0) is 7.05 Å². The predicted molar refractivity (Wildman–Crippen MR) is 88.7 cm³/mol. The minimum absolute atomic E-state index is 0.104. The molecule has 3 rings (SSSR count). The van der Waals surface area contributed by atoms with E-state index in [9.17, 15) is 14.7 Å². The maximum atomic E-state index is 12.7. The van der Waals surface area contributed by atoms with Gasteiger partial charge in [-0.1, -0.05) is 0 Å². The molecule has 1 aliphatic carbocycles. The topological polar surface area (TPSA) is 124 Å². The molecule has 0 aliphatic heterocycles. The molecule has 0 aromatic carbocycles. The monoisotopic (exact) mass is 341 g/mol. The van der Waals surface area contributed by atoms with E-state index >= 15 is 0 Å². The molecule has 3 N–H and O–H groups in total. The lowest BCUT2D eigenvalue weighted by Crippen LogP contribution is -2.41. The molecule has 1 saturated carbocycles. The Morgan fingerprint density at radius 1 is 1.56 bits per heavy atom. The SMILES string of the molecule is Cc1[nH]c(=O)c(C#N)cc1C(=O)N[C@@H](c1cnn(C)c1)C1CC(O)C1. The lowest BCUT2D eigenvalue weighted by atomic mass is 9.75. The second-order valence-corrected chi connectivity index (χ2v) is 6.45. The van der Waals surface area contributed by atoms with Crippen molar-refractivity contribution < 1.29 is 9.90 Å². The highest BCUT2D eigenvalue weighted by Crippen LogP contribution is 2.38. The predicted octanol–water partition coefficient (Wildman–Crippen LogP) is 0.530. The zero-order chi connectivity index (χ0) is 18.1. The number of carbonyl (C=O) groups excluding carboxylic acids is 1. The van der Waals surface area contributed by atoms with Gasteiger partial charge in [-0.3, -0.25) is 14.3 Å². The molecule has 25 heavy (non-hydrogen) atoms. The summed E-state index contributed by atoms with van der Waals surface area (Å²) >= 11 is 0. The van der Waals surface area contributed by atoms with E-state index < -0.39 is 5.56 Å². The van der Waals surface area contributed by atoms with Crippen LogP contribution in [0.5, 0.6) is 0 Å². The summed E-state index contributed by atoms with van der Waals surface area (Å²) in [6, 6.07) is 2.80. The van der Waals surface area contributed by atoms with Gasteiger partial charge in [-0.15, -0.1) is 0 Å². The van der Waals surface area contributed by atoms with Crippen LogP contribution >= 0.6 is 0 Å². The number of hydrogen-bond acceptors (Lipinski definition) is 5. The second kappa shape index (κ2) is 6.53. The number of nitrogens with one attached hydrogen (secondary N) is 2. The summed E-state index contributed by atoms with van der Waals surface area (Å²) in [4.78, 5) is 26.9. The molecule has 0 saturated heterocycles. The van der Waals surface area contributed by atoms with E-state index in [1.54, 1.807) is 30.9 Å². The lowest BCUT2D eigenvalue weighted by Gasteiger charge is -2.37. The Labute approximate surface area is 144 Å². The molecule has 8 nitrogen and oxygen atoms in total. The van der Waals surface area contributed by atoms with E-state index in [0.717, 1.165) is 5.56 Å². The van der Waals surface area contributed by atoms with Crippen LogP contribution in [0.3, 0.4) is 0 Å². The van der Waals surface area contributed by atoms with Gasteiger partial charge in [0.2, 0.25) is 0 Å². The molecule has 1 amide bonds. The molecule has 1 aliphatic rings. The first-order valence-corrected chi connectivity index (χ1v) is 8.00. The third-order valence-corrected chi connectivity index (χ3v) is 4.60. The van der Waals surface area contributed by atoms with Crippen molar-refractivity contribution in [3.05, 3.63) is 51.2 Å². The van der Waals surface area contributed by atoms with Gasteiger partial charge in [-0.05, 0) is 31.7 Å². The fourth-order valence-corrected chi connectivity index (χ4v) is 3.14. The maximum absolute atomic E-state index is 12.7. The molecular formula is C17H19N5O3. The largest absolute Gasteiger partial charge is 0.393 e. The molecule has 1 fully saturated rings. The first kappa shape index (κ1) is 16.9. The molecule has 0 bridgehead atoms. The number of aliphatic hydroxyl groups is 1. The summed E-state index contributed by atoms with van der Waals surface area (Å²) in [6.45, 7) is 1.61. The summed E-state index contributed by atoms with van der Waals surface area (Å²) in [5, 5.41) is 25.7. The molecule has 0 spiro atoms. The normalized spacial score (nSPS) is 20.4. The van der Waals surface area contributed by atoms with Crippen LogP contribution < -0.4 is 10.9 Å². The minimum Gasteiger partial charge on any atom is -0.393 e. The third-order valence-electron chi connectivity index (χ3n) is 4.60. The Hall–Kier alpha value is -2.92. The number of carbonyl (C=O) groups is 1. The van der Waals surface area contributed by atoms with E-state index in [2.05, 4.69) is 15.4 Å². The molecular weight excluding hydrogens is 322 g/mol. The molecule has 0 unspecified atom stereocenters. The summed E-state index contributed by atoms with van der Waals surface area (Å²) in [5.74, 6) is -0.262. The van der Waals surface area contributed by atoms with E-state index in [1.165, 1.54) is 6.07 Å². The molecule has 2 heterocycles. The quantitative estimate of drug-likeness (QED) is 0.748. The standard InChI is InChI=1S/C17H19N5O3/c1-9-14(5-11(6-18)16(24)20-9)17(25)21-15(10-3-13(23)4-10)12-7-19-22(2)8-12/h5,7-8,10,13,15,23H,3-4H2,1-2H3,(H,20,24)(H,21,25)/t10?,13?,15-/m1/s1. The van der Waals surface area contributed by atoms with Gasteiger partial charge in [-0.25, -0.2) is 0 Å². The summed E-state index contributed by atoms with van der Waals surface area (Å²) < 4.78 is 1.66. The Morgan fingerprint density at radius 3 is 2.84 bits per heavy atom. The summed E-state index contributed by atoms with van der Waals surface area (Å²) in [6.07, 6.45) is 4.38. The van der Waals surface area contributed by atoms with Crippen LogP contribution in [0.4, 0.5) is 0 Å². The fraction of sp³-hybridized carbons (Fsp3) is 0.412. The highest BCUT2D eigenvalue weighted by molar-refractivity contribution is 5.95. The van der Waals surface area contributed by atoms with Crippen LogP contribution in [0.25, 0.3) is 0 Å². The van der Waals surface area contributed by atoms with E-state index in [-0.39, 0.29) is 35.1 Å². The number of nitrogens with zero attached hydrogens (tertiary/aromatic N) is 3. The highest BCUT2D eigenvalue weighted by Gasteiger charge is 2.36. The minimum atomic E-state index is -0.512. The van der Waals surface area contributed by atoms with Gasteiger partial charge >= 0.3 is 0 Å². The number of nitriles is 1. The smallest absolute Gasteiger partial charge is 0.266 e. The van der Waals surface area contributed by atoms with Crippen molar-refractivity contribution in [2.45, 2.75) is 31.9 Å². The number of amides is 1. The van der Waals surface area contributed by atoms with Crippen LogP contribution in [0.15, 0.2) is 23.3 Å². The van der Waals surface area contributed by atoms with Crippen LogP contribution in [0.2, 0.25) is 0 Å². The van der Waals surface area contributed by atoms with Gasteiger partial charge in [0.05, 0.1) is 23.9 Å². The van der Waals surface area contributed by atoms with Crippen LogP contribution in [-0.4, -0.2) is 31.9 Å². The van der Waals surface area contributed by atoms with Crippen molar-refractivity contribution in [2.24, 2.45) is 13.0 Å². The highest BCUT2D eigenvalue weighted by atomic mass is 16.3. The van der Waals surface area contributed by atoms with Gasteiger partial charge in [0, 0.05) is 24.5 Å². The second-order valence-electron chi connectivity index (χ2n) is 6.45. The van der Waals surface area contributed by atoms with Crippen molar-refractivity contribution in [3.8, 4) is 6.07 Å². The molecule has 2 aromatic heterocycles. The van der Waals surface area contributed by atoms with Crippen molar-refractivity contribution >= 4 is 5.91 Å². The number of pyridine rings is 1. The average Bonchev–Trinajstić information content (AvgIpc) is 2.96. The van der Waals surface area contributed by atoms with E-state index in [1.807, 2.05) is 6.20 Å².